The molecule has 0 aliphatic rings. The van der Waals surface area contributed by atoms with Crippen LogP contribution in [0.15, 0.2) is 29.4 Å². The monoisotopic (exact) mass is 217 g/mol. The van der Waals surface area contributed by atoms with Crippen LogP contribution in [0.2, 0.25) is 0 Å². The number of thioether (sulfide) groups is 1. The van der Waals surface area contributed by atoms with E-state index in [4.69, 9.17) is 11.1 Å². The third-order valence-electron chi connectivity index (χ3n) is 1.45. The zero-order valence-corrected chi connectivity index (χ0v) is 8.90. The van der Waals surface area contributed by atoms with Crippen molar-refractivity contribution in [2.45, 2.75) is 11.4 Å². The molecule has 0 aromatic carbocycles. The molecule has 0 aliphatic carbocycles. The van der Waals surface area contributed by atoms with Crippen molar-refractivity contribution in [2.75, 3.05) is 6.26 Å². The predicted molar refractivity (Wildman–Crippen MR) is 50.3 cm³/mol. The number of pyridine rings is 1. The fourth-order valence-electron chi connectivity index (χ4n) is 0.882. The Morgan fingerprint density at radius 1 is 1.54 bits per heavy atom. The Morgan fingerprint density at radius 2 is 2.08 bits per heavy atom. The molecule has 1 rings (SSSR count). The normalized spacial score (nSPS) is 9.00. The Morgan fingerprint density at radius 3 is 2.46 bits per heavy atom. The fourth-order valence-corrected chi connectivity index (χ4v) is 1.28. The lowest BCUT2D eigenvalue weighted by Crippen LogP contribution is -3.00. The average molecular weight is 218 g/mol. The van der Waals surface area contributed by atoms with Crippen LogP contribution in [0, 0.1) is 5.41 Å². The van der Waals surface area contributed by atoms with Gasteiger partial charge in [0.25, 0.3) is 0 Å². The van der Waals surface area contributed by atoms with E-state index >= 15 is 0 Å². The van der Waals surface area contributed by atoms with Crippen molar-refractivity contribution >= 4 is 17.6 Å². The summed E-state index contributed by atoms with van der Waals surface area (Å²) < 4.78 is 1.88. The molecule has 0 bridgehead atoms. The van der Waals surface area contributed by atoms with E-state index in [1.54, 1.807) is 11.8 Å². The molecule has 0 aliphatic heterocycles. The summed E-state index contributed by atoms with van der Waals surface area (Å²) in [5.41, 5.74) is 5.25. The van der Waals surface area contributed by atoms with Crippen molar-refractivity contribution in [1.29, 1.82) is 5.41 Å². The molecule has 72 valence electrons. The molecule has 0 saturated heterocycles. The van der Waals surface area contributed by atoms with Gasteiger partial charge >= 0.3 is 0 Å². The Labute approximate surface area is 88.3 Å². The number of aromatic nitrogens is 1. The molecule has 3 nitrogen and oxygen atoms in total. The van der Waals surface area contributed by atoms with Gasteiger partial charge in [0.1, 0.15) is 0 Å². The first-order chi connectivity index (χ1) is 5.72. The van der Waals surface area contributed by atoms with Crippen LogP contribution in [0.1, 0.15) is 0 Å². The topological polar surface area (TPSA) is 53.8 Å². The fraction of sp³-hybridized carbons (Fsp3) is 0.250. The van der Waals surface area contributed by atoms with Crippen LogP contribution in [-0.2, 0) is 6.54 Å². The van der Waals surface area contributed by atoms with E-state index in [0.717, 1.165) is 0 Å². The molecule has 1 heterocycles. The lowest BCUT2D eigenvalue weighted by molar-refractivity contribution is -0.682. The van der Waals surface area contributed by atoms with Crippen LogP contribution in [0.5, 0.6) is 0 Å². The second kappa shape index (κ2) is 5.83. The predicted octanol–water partition coefficient (Wildman–Crippen LogP) is -2.36. The first kappa shape index (κ1) is 12.3. The third kappa shape index (κ3) is 4.15. The lowest BCUT2D eigenvalue weighted by atomic mass is 10.4. The number of hydrogen-bond donors (Lipinski definition) is 2. The zero-order chi connectivity index (χ0) is 8.97. The quantitative estimate of drug-likeness (QED) is 0.258. The molecule has 0 atom stereocenters. The number of nitrogens with one attached hydrogen (secondary N) is 1. The van der Waals surface area contributed by atoms with Gasteiger partial charge in [-0.25, -0.2) is 0 Å². The highest BCUT2D eigenvalue weighted by Crippen LogP contribution is 2.10. The van der Waals surface area contributed by atoms with Crippen LogP contribution < -0.4 is 22.7 Å². The Hall–Kier alpha value is -0.740. The van der Waals surface area contributed by atoms with E-state index in [-0.39, 0.29) is 18.2 Å². The van der Waals surface area contributed by atoms with Gasteiger partial charge in [-0.1, -0.05) is 0 Å². The van der Waals surface area contributed by atoms with E-state index < -0.39 is 0 Å². The zero-order valence-electron chi connectivity index (χ0n) is 7.33. The maximum Gasteiger partial charge on any atom is 0.204 e. The van der Waals surface area contributed by atoms with Crippen LogP contribution in [0.25, 0.3) is 0 Å². The van der Waals surface area contributed by atoms with Gasteiger partial charge in [-0.2, -0.15) is 4.57 Å². The lowest BCUT2D eigenvalue weighted by Gasteiger charge is -1.95. The minimum absolute atomic E-state index is 0. The maximum atomic E-state index is 7.08. The number of nitrogens with two attached hydrogens (primary N) is 1. The smallest absolute Gasteiger partial charge is 0.204 e. The van der Waals surface area contributed by atoms with Gasteiger partial charge in [-0.05, 0) is 6.26 Å². The first-order valence-electron chi connectivity index (χ1n) is 3.58. The highest BCUT2D eigenvalue weighted by Gasteiger charge is 2.00. The summed E-state index contributed by atoms with van der Waals surface area (Å²) in [6.45, 7) is 0.467. The maximum absolute atomic E-state index is 7.08. The second-order valence-corrected chi connectivity index (χ2v) is 3.32. The molecular formula is C8H12ClN3S. The number of amidine groups is 1. The standard InChI is InChI=1S/C8H12N3S.ClH/c1-12-7-2-4-11(5-3-7)6-8(9)10;/h2-5H,6H2,1H3,(H3,9,10);1H/q+1;/p-1. The molecule has 0 saturated carbocycles. The minimum Gasteiger partial charge on any atom is -1.00 e. The van der Waals surface area contributed by atoms with Crippen molar-refractivity contribution in [3.63, 3.8) is 0 Å². The van der Waals surface area contributed by atoms with Gasteiger partial charge in [0, 0.05) is 17.0 Å². The average Bonchev–Trinajstić information content (AvgIpc) is 2.05. The summed E-state index contributed by atoms with van der Waals surface area (Å²) in [7, 11) is 0. The number of nitrogens with zero attached hydrogens (tertiary/aromatic N) is 1. The summed E-state index contributed by atoms with van der Waals surface area (Å²) in [4.78, 5) is 1.22. The molecule has 1 aromatic heterocycles. The molecule has 0 radical (unpaired) electrons. The van der Waals surface area contributed by atoms with E-state index in [2.05, 4.69) is 0 Å². The molecule has 0 spiro atoms. The largest absolute Gasteiger partial charge is 1.00 e. The van der Waals surface area contributed by atoms with Gasteiger partial charge in [-0.15, -0.1) is 11.8 Å². The molecule has 3 N–H and O–H groups in total. The van der Waals surface area contributed by atoms with Crippen molar-refractivity contribution in [3.8, 4) is 0 Å². The molecule has 13 heavy (non-hydrogen) atoms. The molecule has 0 amide bonds. The molecule has 0 unspecified atom stereocenters. The molecule has 5 heteroatoms. The molecular weight excluding hydrogens is 206 g/mol. The van der Waals surface area contributed by atoms with E-state index in [1.165, 1.54) is 4.90 Å². The highest BCUT2D eigenvalue weighted by atomic mass is 35.5. The summed E-state index contributed by atoms with van der Waals surface area (Å²) in [5, 5.41) is 7.08. The second-order valence-electron chi connectivity index (χ2n) is 2.44. The van der Waals surface area contributed by atoms with E-state index in [1.807, 2.05) is 35.3 Å². The van der Waals surface area contributed by atoms with Gasteiger partial charge in [0.05, 0.1) is 0 Å². The summed E-state index contributed by atoms with van der Waals surface area (Å²) >= 11 is 1.70. The molecule has 1 aromatic rings. The summed E-state index contributed by atoms with van der Waals surface area (Å²) in [6, 6.07) is 4.02. The first-order valence-corrected chi connectivity index (χ1v) is 4.81. The van der Waals surface area contributed by atoms with E-state index in [0.29, 0.717) is 6.54 Å². The number of rotatable bonds is 3. The van der Waals surface area contributed by atoms with Crippen LogP contribution in [0.3, 0.4) is 0 Å². The Balaban J connectivity index is 0.00000144. The van der Waals surface area contributed by atoms with Crippen molar-refractivity contribution in [1.82, 2.24) is 0 Å². The van der Waals surface area contributed by atoms with Crippen LogP contribution in [0.4, 0.5) is 0 Å². The van der Waals surface area contributed by atoms with Gasteiger partial charge in [0.15, 0.2) is 18.2 Å². The van der Waals surface area contributed by atoms with Crippen LogP contribution >= 0.6 is 11.8 Å². The minimum atomic E-state index is 0. The van der Waals surface area contributed by atoms with Crippen molar-refractivity contribution in [3.05, 3.63) is 24.5 Å². The number of halogens is 1. The third-order valence-corrected chi connectivity index (χ3v) is 2.19. The van der Waals surface area contributed by atoms with Gasteiger partial charge in [0.2, 0.25) is 6.54 Å². The van der Waals surface area contributed by atoms with E-state index in [9.17, 15) is 0 Å². The summed E-state index contributed by atoms with van der Waals surface area (Å²) in [5.74, 6) is 0.178. The van der Waals surface area contributed by atoms with Crippen molar-refractivity contribution in [2.24, 2.45) is 5.73 Å². The van der Waals surface area contributed by atoms with Gasteiger partial charge in [-0.3, -0.25) is 5.41 Å². The Bertz CT molecular complexity index is 273. The van der Waals surface area contributed by atoms with Crippen LogP contribution in [-0.4, -0.2) is 12.1 Å². The Kier molecular flexibility index (Phi) is 5.50. The number of hydrogen-bond acceptors (Lipinski definition) is 2. The van der Waals surface area contributed by atoms with Gasteiger partial charge < -0.3 is 18.1 Å². The molecule has 0 fully saturated rings. The SMILES string of the molecule is CSc1cc[n+](CC(=N)N)cc1.[Cl-]. The van der Waals surface area contributed by atoms with Crippen molar-refractivity contribution < 1.29 is 17.0 Å². The highest BCUT2D eigenvalue weighted by molar-refractivity contribution is 7.98. The summed E-state index contributed by atoms with van der Waals surface area (Å²) in [6.07, 6.45) is 5.88.